The van der Waals surface area contributed by atoms with Crippen LogP contribution in [0.1, 0.15) is 39.5 Å². The second-order valence-electron chi connectivity index (χ2n) is 5.66. The lowest BCUT2D eigenvalue weighted by Gasteiger charge is -2.32. The molecule has 18 heavy (non-hydrogen) atoms. The van der Waals surface area contributed by atoms with Crippen molar-refractivity contribution in [2.45, 2.75) is 51.7 Å². The van der Waals surface area contributed by atoms with Crippen LogP contribution in [0.15, 0.2) is 0 Å². The van der Waals surface area contributed by atoms with Crippen LogP contribution in [0.2, 0.25) is 0 Å². The summed E-state index contributed by atoms with van der Waals surface area (Å²) < 4.78 is 36.6. The van der Waals surface area contributed by atoms with E-state index in [-0.39, 0.29) is 0 Å². The van der Waals surface area contributed by atoms with Gasteiger partial charge >= 0.3 is 6.18 Å². The van der Waals surface area contributed by atoms with Gasteiger partial charge in [-0.1, -0.05) is 13.8 Å². The standard InChI is InChI=1S/C13H25F3N2/c1-11(2)4-3-7-17-12-5-8-18(9-6-12)10-13(14,15)16/h11-12,17H,3-10H2,1-2H3. The first-order valence-corrected chi connectivity index (χ1v) is 6.89. The molecule has 5 heteroatoms. The van der Waals surface area contributed by atoms with Crippen LogP contribution in [0.3, 0.4) is 0 Å². The minimum Gasteiger partial charge on any atom is -0.314 e. The van der Waals surface area contributed by atoms with E-state index < -0.39 is 12.7 Å². The zero-order valence-corrected chi connectivity index (χ0v) is 11.4. The second kappa shape index (κ2) is 7.34. The highest BCUT2D eigenvalue weighted by molar-refractivity contribution is 4.78. The van der Waals surface area contributed by atoms with Crippen LogP contribution in [-0.2, 0) is 0 Å². The number of alkyl halides is 3. The molecule has 0 aromatic heterocycles. The lowest BCUT2D eigenvalue weighted by atomic mass is 10.0. The fourth-order valence-electron chi connectivity index (χ4n) is 2.37. The quantitative estimate of drug-likeness (QED) is 0.743. The fourth-order valence-corrected chi connectivity index (χ4v) is 2.37. The minimum absolute atomic E-state index is 0.404. The van der Waals surface area contributed by atoms with E-state index >= 15 is 0 Å². The van der Waals surface area contributed by atoms with Crippen molar-refractivity contribution in [3.63, 3.8) is 0 Å². The lowest BCUT2D eigenvalue weighted by Crippen LogP contribution is -2.45. The third-order valence-electron chi connectivity index (χ3n) is 3.38. The molecule has 2 nitrogen and oxygen atoms in total. The molecule has 1 aliphatic heterocycles. The third kappa shape index (κ3) is 7.21. The topological polar surface area (TPSA) is 15.3 Å². The maximum atomic E-state index is 12.2. The fraction of sp³-hybridized carbons (Fsp3) is 1.00. The average molecular weight is 266 g/mol. The Kier molecular flexibility index (Phi) is 6.43. The van der Waals surface area contributed by atoms with Crippen molar-refractivity contribution in [1.29, 1.82) is 0 Å². The van der Waals surface area contributed by atoms with Gasteiger partial charge in [-0.05, 0) is 51.2 Å². The van der Waals surface area contributed by atoms with E-state index in [1.165, 1.54) is 11.3 Å². The molecule has 0 saturated carbocycles. The van der Waals surface area contributed by atoms with Gasteiger partial charge in [-0.3, -0.25) is 4.90 Å². The maximum absolute atomic E-state index is 12.2. The van der Waals surface area contributed by atoms with Crippen molar-refractivity contribution in [1.82, 2.24) is 10.2 Å². The van der Waals surface area contributed by atoms with Crippen LogP contribution in [0.5, 0.6) is 0 Å². The maximum Gasteiger partial charge on any atom is 0.401 e. The third-order valence-corrected chi connectivity index (χ3v) is 3.38. The van der Waals surface area contributed by atoms with E-state index in [2.05, 4.69) is 19.2 Å². The first-order chi connectivity index (χ1) is 8.37. The van der Waals surface area contributed by atoms with Gasteiger partial charge in [-0.25, -0.2) is 0 Å². The van der Waals surface area contributed by atoms with Crippen molar-refractivity contribution >= 4 is 0 Å². The molecular weight excluding hydrogens is 241 g/mol. The number of rotatable bonds is 6. The first-order valence-electron chi connectivity index (χ1n) is 6.89. The number of nitrogens with one attached hydrogen (secondary N) is 1. The number of hydrogen-bond acceptors (Lipinski definition) is 2. The molecule has 0 atom stereocenters. The SMILES string of the molecule is CC(C)CCCNC1CCN(CC(F)(F)F)CC1. The van der Waals surface area contributed by atoms with Gasteiger partial charge in [-0.2, -0.15) is 13.2 Å². The van der Waals surface area contributed by atoms with Gasteiger partial charge in [0.05, 0.1) is 6.54 Å². The zero-order valence-electron chi connectivity index (χ0n) is 11.4. The monoisotopic (exact) mass is 266 g/mol. The Morgan fingerprint density at radius 3 is 2.33 bits per heavy atom. The number of nitrogens with zero attached hydrogens (tertiary/aromatic N) is 1. The molecule has 0 aliphatic carbocycles. The summed E-state index contributed by atoms with van der Waals surface area (Å²) in [5.41, 5.74) is 0. The van der Waals surface area contributed by atoms with E-state index in [1.807, 2.05) is 0 Å². The molecule has 0 bridgehead atoms. The van der Waals surface area contributed by atoms with Gasteiger partial charge in [0, 0.05) is 6.04 Å². The van der Waals surface area contributed by atoms with Gasteiger partial charge in [0.1, 0.15) is 0 Å². The van der Waals surface area contributed by atoms with E-state index in [9.17, 15) is 13.2 Å². The minimum atomic E-state index is -4.06. The van der Waals surface area contributed by atoms with Crippen LogP contribution < -0.4 is 5.32 Å². The van der Waals surface area contributed by atoms with E-state index in [1.54, 1.807) is 0 Å². The van der Waals surface area contributed by atoms with Gasteiger partial charge in [0.15, 0.2) is 0 Å². The van der Waals surface area contributed by atoms with Crippen molar-refractivity contribution in [3.05, 3.63) is 0 Å². The molecule has 1 heterocycles. The summed E-state index contributed by atoms with van der Waals surface area (Å²) in [6.07, 6.45) is -0.0343. The Balaban J connectivity index is 2.08. The molecule has 0 aromatic rings. The highest BCUT2D eigenvalue weighted by Gasteiger charge is 2.32. The molecular formula is C13H25F3N2. The Bertz CT molecular complexity index is 221. The number of halogens is 3. The molecule has 0 amide bonds. The Hall–Kier alpha value is -0.290. The van der Waals surface area contributed by atoms with E-state index in [4.69, 9.17) is 0 Å². The van der Waals surface area contributed by atoms with Gasteiger partial charge in [0.25, 0.3) is 0 Å². The molecule has 0 aromatic carbocycles. The predicted molar refractivity (Wildman–Crippen MR) is 67.6 cm³/mol. The van der Waals surface area contributed by atoms with Crippen LogP contribution >= 0.6 is 0 Å². The Morgan fingerprint density at radius 2 is 1.83 bits per heavy atom. The van der Waals surface area contributed by atoms with Gasteiger partial charge < -0.3 is 5.32 Å². The Labute approximate surface area is 108 Å². The van der Waals surface area contributed by atoms with Crippen LogP contribution in [0.4, 0.5) is 13.2 Å². The summed E-state index contributed by atoms with van der Waals surface area (Å²) >= 11 is 0. The summed E-state index contributed by atoms with van der Waals surface area (Å²) in [5.74, 6) is 0.723. The largest absolute Gasteiger partial charge is 0.401 e. The summed E-state index contributed by atoms with van der Waals surface area (Å²) in [6.45, 7) is 5.75. The predicted octanol–water partition coefficient (Wildman–Crippen LogP) is 3.04. The van der Waals surface area contributed by atoms with E-state index in [0.717, 1.165) is 31.7 Å². The van der Waals surface area contributed by atoms with Gasteiger partial charge in [-0.15, -0.1) is 0 Å². The highest BCUT2D eigenvalue weighted by atomic mass is 19.4. The number of likely N-dealkylation sites (tertiary alicyclic amines) is 1. The highest BCUT2D eigenvalue weighted by Crippen LogP contribution is 2.19. The number of piperidine rings is 1. The molecule has 0 radical (unpaired) electrons. The van der Waals surface area contributed by atoms with Crippen molar-refractivity contribution in [3.8, 4) is 0 Å². The molecule has 108 valence electrons. The Morgan fingerprint density at radius 1 is 1.22 bits per heavy atom. The summed E-state index contributed by atoms with van der Waals surface area (Å²) in [5, 5.41) is 3.45. The molecule has 1 aliphatic rings. The first kappa shape index (κ1) is 15.8. The van der Waals surface area contributed by atoms with Gasteiger partial charge in [0.2, 0.25) is 0 Å². The summed E-state index contributed by atoms with van der Waals surface area (Å²) in [6, 6.07) is 0.404. The van der Waals surface area contributed by atoms with Crippen molar-refractivity contribution in [2.75, 3.05) is 26.2 Å². The number of hydrogen-bond donors (Lipinski definition) is 1. The molecule has 1 rings (SSSR count). The smallest absolute Gasteiger partial charge is 0.314 e. The van der Waals surface area contributed by atoms with Crippen LogP contribution in [0, 0.1) is 5.92 Å². The lowest BCUT2D eigenvalue weighted by molar-refractivity contribution is -0.148. The zero-order chi connectivity index (χ0) is 13.6. The second-order valence-corrected chi connectivity index (χ2v) is 5.66. The molecule has 1 saturated heterocycles. The summed E-state index contributed by atoms with van der Waals surface area (Å²) in [7, 11) is 0. The molecule has 1 N–H and O–H groups in total. The molecule has 0 unspecified atom stereocenters. The molecule has 1 fully saturated rings. The normalized spacial score (nSPS) is 19.7. The van der Waals surface area contributed by atoms with Crippen molar-refractivity contribution < 1.29 is 13.2 Å². The summed E-state index contributed by atoms with van der Waals surface area (Å²) in [4.78, 5) is 1.51. The van der Waals surface area contributed by atoms with E-state index in [0.29, 0.717) is 19.1 Å². The van der Waals surface area contributed by atoms with Crippen molar-refractivity contribution in [2.24, 2.45) is 5.92 Å². The van der Waals surface area contributed by atoms with Crippen LogP contribution in [-0.4, -0.2) is 43.3 Å². The average Bonchev–Trinajstić information content (AvgIpc) is 2.24. The molecule has 0 spiro atoms. The van der Waals surface area contributed by atoms with Crippen LogP contribution in [0.25, 0.3) is 0 Å².